The van der Waals surface area contributed by atoms with Crippen molar-refractivity contribution in [2.45, 2.75) is 45.2 Å². The molecule has 1 fully saturated rings. The van der Waals surface area contributed by atoms with Crippen molar-refractivity contribution in [3.05, 3.63) is 16.4 Å². The molecule has 2 heterocycles. The molecule has 1 aliphatic rings. The number of nitrogens with zero attached hydrogens (tertiary/aromatic N) is 3. The molecule has 1 atom stereocenters. The normalized spacial score (nSPS) is 19.5. The maximum atomic E-state index is 13.0. The van der Waals surface area contributed by atoms with Gasteiger partial charge in [-0.2, -0.15) is 18.3 Å². The summed E-state index contributed by atoms with van der Waals surface area (Å²) in [5, 5.41) is 3.80. The number of amides is 1. The van der Waals surface area contributed by atoms with Gasteiger partial charge in [0.1, 0.15) is 15.9 Å². The van der Waals surface area contributed by atoms with E-state index in [0.717, 1.165) is 10.7 Å². The quantitative estimate of drug-likeness (QED) is 0.746. The van der Waals surface area contributed by atoms with Crippen LogP contribution in [0.2, 0.25) is 0 Å². The molecule has 1 aliphatic heterocycles. The molecule has 1 aromatic rings. The molecule has 0 aliphatic carbocycles. The molecule has 1 aromatic heterocycles. The van der Waals surface area contributed by atoms with Crippen LogP contribution in [0.3, 0.4) is 0 Å². The molecular formula is C14H19BrF3N3O3. The van der Waals surface area contributed by atoms with Crippen molar-refractivity contribution in [1.29, 1.82) is 0 Å². The maximum absolute atomic E-state index is 13.0. The highest BCUT2D eigenvalue weighted by Crippen LogP contribution is 2.31. The Balaban J connectivity index is 2.05. The highest BCUT2D eigenvalue weighted by atomic mass is 79.9. The maximum Gasteiger partial charge on any atom is 0.433 e. The van der Waals surface area contributed by atoms with E-state index in [0.29, 0.717) is 6.54 Å². The summed E-state index contributed by atoms with van der Waals surface area (Å²) in [5.41, 5.74) is -1.51. The van der Waals surface area contributed by atoms with Crippen LogP contribution in [0.15, 0.2) is 10.7 Å². The summed E-state index contributed by atoms with van der Waals surface area (Å²) in [6, 6.07) is 0.911. The largest absolute Gasteiger partial charge is 0.444 e. The average Bonchev–Trinajstić information content (AvgIpc) is 2.78. The molecule has 0 bridgehead atoms. The SMILES string of the molecule is CC(C)(C)OC(=O)N1CCOC(Cn2nc(Br)cc2C(F)(F)F)C1. The number of carbonyl (C=O) groups excluding carboxylic acids is 1. The number of halogens is 4. The van der Waals surface area contributed by atoms with Crippen molar-refractivity contribution in [1.82, 2.24) is 14.7 Å². The Hall–Kier alpha value is -1.29. The van der Waals surface area contributed by atoms with Crippen LogP contribution in [0.25, 0.3) is 0 Å². The lowest BCUT2D eigenvalue weighted by molar-refractivity contribution is -0.145. The van der Waals surface area contributed by atoms with E-state index in [1.54, 1.807) is 20.8 Å². The zero-order chi connectivity index (χ0) is 18.1. The van der Waals surface area contributed by atoms with Crippen LogP contribution in [-0.2, 0) is 22.2 Å². The molecule has 24 heavy (non-hydrogen) atoms. The third-order valence-corrected chi connectivity index (χ3v) is 3.60. The Kier molecular flexibility index (Phi) is 5.48. The Morgan fingerprint density at radius 2 is 2.12 bits per heavy atom. The summed E-state index contributed by atoms with van der Waals surface area (Å²) in [6.45, 7) is 5.84. The van der Waals surface area contributed by atoms with Crippen LogP contribution >= 0.6 is 15.9 Å². The zero-order valence-corrected chi connectivity index (χ0v) is 15.1. The number of morpholine rings is 1. The Bertz CT molecular complexity index is 598. The molecular weight excluding hydrogens is 395 g/mol. The monoisotopic (exact) mass is 413 g/mol. The summed E-state index contributed by atoms with van der Waals surface area (Å²) >= 11 is 2.95. The van der Waals surface area contributed by atoms with Gasteiger partial charge in [0.25, 0.3) is 0 Å². The van der Waals surface area contributed by atoms with E-state index in [4.69, 9.17) is 9.47 Å². The molecule has 1 unspecified atom stereocenters. The topological polar surface area (TPSA) is 56.6 Å². The van der Waals surface area contributed by atoms with Gasteiger partial charge in [0, 0.05) is 12.6 Å². The van der Waals surface area contributed by atoms with E-state index in [9.17, 15) is 18.0 Å². The molecule has 0 radical (unpaired) electrons. The highest BCUT2D eigenvalue weighted by molar-refractivity contribution is 9.10. The van der Waals surface area contributed by atoms with Gasteiger partial charge in [-0.1, -0.05) is 0 Å². The Labute approximate surface area is 146 Å². The van der Waals surface area contributed by atoms with Crippen molar-refractivity contribution in [3.63, 3.8) is 0 Å². The summed E-state index contributed by atoms with van der Waals surface area (Å²) in [6.07, 6.45) is -5.62. The van der Waals surface area contributed by atoms with Crippen LogP contribution in [-0.4, -0.2) is 52.2 Å². The minimum Gasteiger partial charge on any atom is -0.444 e. The summed E-state index contributed by atoms with van der Waals surface area (Å²) in [7, 11) is 0. The predicted molar refractivity (Wildman–Crippen MR) is 82.5 cm³/mol. The van der Waals surface area contributed by atoms with Gasteiger partial charge in [-0.05, 0) is 36.7 Å². The van der Waals surface area contributed by atoms with Gasteiger partial charge in [0.2, 0.25) is 0 Å². The molecule has 1 saturated heterocycles. The first kappa shape index (κ1) is 19.0. The van der Waals surface area contributed by atoms with Gasteiger partial charge in [-0.15, -0.1) is 0 Å². The van der Waals surface area contributed by atoms with Gasteiger partial charge < -0.3 is 14.4 Å². The summed E-state index contributed by atoms with van der Waals surface area (Å²) in [5.74, 6) is 0. The Morgan fingerprint density at radius 3 is 2.71 bits per heavy atom. The molecule has 0 aromatic carbocycles. The third-order valence-electron chi connectivity index (χ3n) is 3.21. The molecule has 0 saturated carbocycles. The van der Waals surface area contributed by atoms with Gasteiger partial charge in [0.15, 0.2) is 0 Å². The lowest BCUT2D eigenvalue weighted by Gasteiger charge is -2.34. The van der Waals surface area contributed by atoms with Crippen molar-refractivity contribution >= 4 is 22.0 Å². The predicted octanol–water partition coefficient (Wildman–Crippen LogP) is 3.30. The van der Waals surface area contributed by atoms with Gasteiger partial charge in [-0.25, -0.2) is 4.79 Å². The lowest BCUT2D eigenvalue weighted by atomic mass is 10.2. The number of alkyl halides is 3. The van der Waals surface area contributed by atoms with Crippen LogP contribution in [0.4, 0.5) is 18.0 Å². The molecule has 2 rings (SSSR count). The number of ether oxygens (including phenoxy) is 2. The lowest BCUT2D eigenvalue weighted by Crippen LogP contribution is -2.48. The number of hydrogen-bond donors (Lipinski definition) is 0. The van der Waals surface area contributed by atoms with Crippen molar-refractivity contribution in [3.8, 4) is 0 Å². The number of hydrogen-bond acceptors (Lipinski definition) is 4. The van der Waals surface area contributed by atoms with Gasteiger partial charge in [-0.3, -0.25) is 4.68 Å². The zero-order valence-electron chi connectivity index (χ0n) is 13.6. The second-order valence-corrected chi connectivity index (χ2v) is 7.26. The molecule has 1 amide bonds. The molecule has 6 nitrogen and oxygen atoms in total. The molecule has 0 N–H and O–H groups in total. The van der Waals surface area contributed by atoms with E-state index >= 15 is 0 Å². The number of carbonyl (C=O) groups is 1. The first-order valence-electron chi connectivity index (χ1n) is 7.36. The fraction of sp³-hybridized carbons (Fsp3) is 0.714. The van der Waals surface area contributed by atoms with Crippen molar-refractivity contribution in [2.24, 2.45) is 0 Å². The van der Waals surface area contributed by atoms with E-state index in [2.05, 4.69) is 21.0 Å². The second-order valence-electron chi connectivity index (χ2n) is 6.45. The van der Waals surface area contributed by atoms with Gasteiger partial charge in [0.05, 0.1) is 25.8 Å². The minimum absolute atomic E-state index is 0.0923. The molecule has 10 heteroatoms. The van der Waals surface area contributed by atoms with E-state index in [1.165, 1.54) is 4.90 Å². The van der Waals surface area contributed by atoms with Crippen molar-refractivity contribution < 1.29 is 27.4 Å². The van der Waals surface area contributed by atoms with Crippen LogP contribution in [0.5, 0.6) is 0 Å². The summed E-state index contributed by atoms with van der Waals surface area (Å²) < 4.78 is 50.7. The minimum atomic E-state index is -4.52. The van der Waals surface area contributed by atoms with Crippen LogP contribution in [0.1, 0.15) is 26.5 Å². The first-order valence-corrected chi connectivity index (χ1v) is 8.15. The fourth-order valence-corrected chi connectivity index (χ4v) is 2.68. The fourth-order valence-electron chi connectivity index (χ4n) is 2.27. The smallest absolute Gasteiger partial charge is 0.433 e. The molecule has 0 spiro atoms. The molecule has 136 valence electrons. The number of rotatable bonds is 2. The Morgan fingerprint density at radius 1 is 1.46 bits per heavy atom. The second kappa shape index (κ2) is 6.91. The summed E-state index contributed by atoms with van der Waals surface area (Å²) in [4.78, 5) is 13.5. The van der Waals surface area contributed by atoms with E-state index in [1.807, 2.05) is 0 Å². The standard InChI is InChI=1S/C14H19BrF3N3O3/c1-13(2,3)24-12(22)20-4-5-23-9(7-20)8-21-10(14(16,17)18)6-11(15)19-21/h6,9H,4-5,7-8H2,1-3H3. The van der Waals surface area contributed by atoms with Gasteiger partial charge >= 0.3 is 12.3 Å². The first-order chi connectivity index (χ1) is 11.0. The highest BCUT2D eigenvalue weighted by Gasteiger charge is 2.37. The van der Waals surface area contributed by atoms with Crippen molar-refractivity contribution in [2.75, 3.05) is 19.7 Å². The third kappa shape index (κ3) is 5.10. The number of aromatic nitrogens is 2. The van der Waals surface area contributed by atoms with Crippen LogP contribution < -0.4 is 0 Å². The van der Waals surface area contributed by atoms with E-state index in [-0.39, 0.29) is 24.3 Å². The van der Waals surface area contributed by atoms with E-state index < -0.39 is 29.7 Å². The average molecular weight is 414 g/mol. The van der Waals surface area contributed by atoms with Crippen LogP contribution in [0, 0.1) is 0 Å².